The summed E-state index contributed by atoms with van der Waals surface area (Å²) >= 11 is 0. The zero-order valence-corrected chi connectivity index (χ0v) is 16.1. The van der Waals surface area contributed by atoms with E-state index in [2.05, 4.69) is 26.7 Å². The SMILES string of the molecule is N#CNC1=NC(c2ccccc2-c2ccc(C#N)cc2)c2c(nc(N)c(C#N)c2N)N1. The molecule has 0 spiro atoms. The third kappa shape index (κ3) is 3.31. The van der Waals surface area contributed by atoms with Crippen molar-refractivity contribution >= 4 is 23.3 Å². The van der Waals surface area contributed by atoms with Crippen molar-refractivity contribution in [2.45, 2.75) is 6.04 Å². The normalized spacial score (nSPS) is 14.1. The quantitative estimate of drug-likeness (QED) is 0.372. The number of nitrogen functional groups attached to an aromatic ring is 2. The number of fused-ring (bicyclic) bond motifs is 1. The van der Waals surface area contributed by atoms with Gasteiger partial charge in [0, 0.05) is 5.56 Å². The van der Waals surface area contributed by atoms with Gasteiger partial charge in [-0.3, -0.25) is 5.32 Å². The zero-order valence-electron chi connectivity index (χ0n) is 16.1. The van der Waals surface area contributed by atoms with Crippen molar-refractivity contribution in [3.8, 4) is 29.5 Å². The van der Waals surface area contributed by atoms with Crippen LogP contribution in [0.25, 0.3) is 11.1 Å². The molecule has 9 heteroatoms. The number of anilines is 3. The lowest BCUT2D eigenvalue weighted by atomic mass is 9.89. The summed E-state index contributed by atoms with van der Waals surface area (Å²) in [4.78, 5) is 8.89. The lowest BCUT2D eigenvalue weighted by Gasteiger charge is -2.27. The number of nitrogens with one attached hydrogen (secondary N) is 2. The average Bonchev–Trinajstić information content (AvgIpc) is 2.79. The van der Waals surface area contributed by atoms with Crippen LogP contribution >= 0.6 is 0 Å². The number of hydrogen-bond acceptors (Lipinski definition) is 9. The fourth-order valence-electron chi connectivity index (χ4n) is 3.53. The number of hydrogen-bond donors (Lipinski definition) is 4. The second kappa shape index (κ2) is 7.75. The number of rotatable bonds is 2. The molecule has 9 nitrogen and oxygen atoms in total. The van der Waals surface area contributed by atoms with Crippen molar-refractivity contribution < 1.29 is 0 Å². The van der Waals surface area contributed by atoms with Gasteiger partial charge in [-0.2, -0.15) is 15.8 Å². The highest BCUT2D eigenvalue weighted by molar-refractivity contribution is 5.98. The molecule has 0 fully saturated rings. The standard InChI is InChI=1S/C22H15N9/c23-9-12-5-7-13(8-6-12)14-3-1-2-4-15(14)19-17-18(26)16(10-24)20(27)30-21(17)31-22(29-19)28-11-25/h1-8,19H,(H6,26,27,28,29,30,31). The second-order valence-corrected chi connectivity index (χ2v) is 6.68. The van der Waals surface area contributed by atoms with Gasteiger partial charge in [0.1, 0.15) is 29.3 Å². The van der Waals surface area contributed by atoms with Crippen LogP contribution in [0.2, 0.25) is 0 Å². The summed E-state index contributed by atoms with van der Waals surface area (Å²) in [6.07, 6.45) is 1.83. The molecule has 0 saturated heterocycles. The van der Waals surface area contributed by atoms with Crippen molar-refractivity contribution in [3.63, 3.8) is 0 Å². The predicted molar refractivity (Wildman–Crippen MR) is 116 cm³/mol. The van der Waals surface area contributed by atoms with Gasteiger partial charge < -0.3 is 16.8 Å². The predicted octanol–water partition coefficient (Wildman–Crippen LogP) is 2.60. The van der Waals surface area contributed by atoms with Crippen LogP contribution < -0.4 is 22.1 Å². The van der Waals surface area contributed by atoms with Gasteiger partial charge in [-0.25, -0.2) is 9.98 Å². The van der Waals surface area contributed by atoms with Gasteiger partial charge >= 0.3 is 0 Å². The molecule has 0 amide bonds. The Hall–Kier alpha value is -5.07. The Labute approximate surface area is 177 Å². The molecule has 0 aliphatic carbocycles. The third-order valence-corrected chi connectivity index (χ3v) is 4.94. The molecule has 1 aliphatic rings. The van der Waals surface area contributed by atoms with E-state index in [1.165, 1.54) is 0 Å². The van der Waals surface area contributed by atoms with Crippen LogP contribution in [0.4, 0.5) is 17.3 Å². The Morgan fingerprint density at radius 3 is 2.39 bits per heavy atom. The van der Waals surface area contributed by atoms with Crippen molar-refractivity contribution in [1.29, 1.82) is 15.8 Å². The Morgan fingerprint density at radius 1 is 0.968 bits per heavy atom. The summed E-state index contributed by atoms with van der Waals surface area (Å²) in [5, 5.41) is 33.0. The maximum Gasteiger partial charge on any atom is 0.211 e. The number of nitriles is 3. The van der Waals surface area contributed by atoms with Crippen LogP contribution in [0.15, 0.2) is 53.5 Å². The smallest absolute Gasteiger partial charge is 0.211 e. The first-order valence-electron chi connectivity index (χ1n) is 9.15. The first kappa shape index (κ1) is 19.3. The summed E-state index contributed by atoms with van der Waals surface area (Å²) in [6.45, 7) is 0. The summed E-state index contributed by atoms with van der Waals surface area (Å²) in [5.41, 5.74) is 16.0. The van der Waals surface area contributed by atoms with Crippen LogP contribution in [0, 0.1) is 34.1 Å². The minimum absolute atomic E-state index is 0.0106. The highest BCUT2D eigenvalue weighted by atomic mass is 15.2. The van der Waals surface area contributed by atoms with Crippen molar-refractivity contribution in [3.05, 3.63) is 70.8 Å². The monoisotopic (exact) mass is 405 g/mol. The van der Waals surface area contributed by atoms with E-state index < -0.39 is 6.04 Å². The molecule has 1 aliphatic heterocycles. The van der Waals surface area contributed by atoms with Crippen molar-refractivity contribution in [2.24, 2.45) is 4.99 Å². The summed E-state index contributed by atoms with van der Waals surface area (Å²) < 4.78 is 0. The minimum Gasteiger partial charge on any atom is -0.397 e. The summed E-state index contributed by atoms with van der Waals surface area (Å²) in [5.74, 6) is 0.496. The molecule has 2 aromatic carbocycles. The van der Waals surface area contributed by atoms with Gasteiger partial charge in [-0.1, -0.05) is 36.4 Å². The van der Waals surface area contributed by atoms with E-state index in [0.717, 1.165) is 16.7 Å². The number of guanidine groups is 1. The molecule has 148 valence electrons. The molecular weight excluding hydrogens is 390 g/mol. The van der Waals surface area contributed by atoms with E-state index in [1.807, 2.05) is 48.7 Å². The first-order chi connectivity index (χ1) is 15.1. The van der Waals surface area contributed by atoms with Crippen LogP contribution in [0.5, 0.6) is 0 Å². The molecule has 1 unspecified atom stereocenters. The molecule has 0 radical (unpaired) electrons. The van der Waals surface area contributed by atoms with E-state index in [-0.39, 0.29) is 23.0 Å². The molecule has 6 N–H and O–H groups in total. The number of pyridine rings is 1. The number of nitrogens with two attached hydrogens (primary N) is 2. The number of aliphatic imine (C=N–C) groups is 1. The molecule has 0 bridgehead atoms. The molecule has 1 aromatic heterocycles. The van der Waals surface area contributed by atoms with Gasteiger partial charge in [0.15, 0.2) is 6.19 Å². The van der Waals surface area contributed by atoms with Crippen molar-refractivity contribution in [2.75, 3.05) is 16.8 Å². The van der Waals surface area contributed by atoms with Crippen LogP contribution in [-0.4, -0.2) is 10.9 Å². The van der Waals surface area contributed by atoms with E-state index in [1.54, 1.807) is 12.1 Å². The number of aromatic nitrogens is 1. The minimum atomic E-state index is -0.654. The molecule has 0 saturated carbocycles. The van der Waals surface area contributed by atoms with Gasteiger partial charge in [-0.05, 0) is 28.8 Å². The second-order valence-electron chi connectivity index (χ2n) is 6.68. The van der Waals surface area contributed by atoms with Crippen LogP contribution in [0.3, 0.4) is 0 Å². The molecule has 1 atom stereocenters. The molecular formula is C22H15N9. The van der Waals surface area contributed by atoms with E-state index in [9.17, 15) is 5.26 Å². The molecule has 2 heterocycles. The van der Waals surface area contributed by atoms with Gasteiger partial charge in [-0.15, -0.1) is 0 Å². The molecule has 31 heavy (non-hydrogen) atoms. The van der Waals surface area contributed by atoms with Gasteiger partial charge in [0.2, 0.25) is 5.96 Å². The van der Waals surface area contributed by atoms with E-state index in [0.29, 0.717) is 16.9 Å². The van der Waals surface area contributed by atoms with Crippen molar-refractivity contribution in [1.82, 2.24) is 10.3 Å². The maximum atomic E-state index is 9.49. The molecule has 3 aromatic rings. The van der Waals surface area contributed by atoms with E-state index >= 15 is 0 Å². The lowest BCUT2D eigenvalue weighted by Crippen LogP contribution is -2.32. The first-order valence-corrected chi connectivity index (χ1v) is 9.15. The van der Waals surface area contributed by atoms with Gasteiger partial charge in [0.25, 0.3) is 0 Å². The fraction of sp³-hybridized carbons (Fsp3) is 0.0455. The topological polar surface area (TPSA) is 173 Å². The summed E-state index contributed by atoms with van der Waals surface area (Å²) in [7, 11) is 0. The fourth-order valence-corrected chi connectivity index (χ4v) is 3.53. The van der Waals surface area contributed by atoms with Gasteiger partial charge in [0.05, 0.1) is 17.3 Å². The Bertz CT molecular complexity index is 1340. The Balaban J connectivity index is 1.96. The summed E-state index contributed by atoms with van der Waals surface area (Å²) in [6, 6.07) is 18.2. The maximum absolute atomic E-state index is 9.49. The number of benzene rings is 2. The Kier molecular flexibility index (Phi) is 4.81. The molecule has 4 rings (SSSR count). The largest absolute Gasteiger partial charge is 0.397 e. The number of nitrogens with zero attached hydrogens (tertiary/aromatic N) is 5. The average molecular weight is 405 g/mol. The highest BCUT2D eigenvalue weighted by Gasteiger charge is 2.31. The zero-order chi connectivity index (χ0) is 22.0. The third-order valence-electron chi connectivity index (χ3n) is 4.94. The highest BCUT2D eigenvalue weighted by Crippen LogP contribution is 2.43. The van der Waals surface area contributed by atoms with E-state index in [4.69, 9.17) is 22.0 Å². The Morgan fingerprint density at radius 2 is 1.71 bits per heavy atom. The lowest BCUT2D eigenvalue weighted by molar-refractivity contribution is 0.848. The van der Waals surface area contributed by atoms with Crippen LogP contribution in [-0.2, 0) is 0 Å². The van der Waals surface area contributed by atoms with Crippen LogP contribution in [0.1, 0.15) is 28.3 Å².